The Kier molecular flexibility index (Phi) is 9.29. The van der Waals surface area contributed by atoms with E-state index in [-0.39, 0.29) is 6.04 Å². The summed E-state index contributed by atoms with van der Waals surface area (Å²) in [6.07, 6.45) is 13.7. The Morgan fingerprint density at radius 3 is 2.15 bits per heavy atom. The molecule has 20 heavy (non-hydrogen) atoms. The number of aromatic nitrogens is 2. The highest BCUT2D eigenvalue weighted by Crippen LogP contribution is 2.13. The molecule has 0 aliphatic rings. The van der Waals surface area contributed by atoms with Crippen molar-refractivity contribution in [2.24, 2.45) is 5.73 Å². The van der Waals surface area contributed by atoms with Crippen molar-refractivity contribution in [3.8, 4) is 0 Å². The summed E-state index contributed by atoms with van der Waals surface area (Å²) in [5.74, 6) is 1.39. The minimum Gasteiger partial charge on any atom is -0.339 e. The average Bonchev–Trinajstić information content (AvgIpc) is 2.93. The molecule has 1 aromatic rings. The lowest BCUT2D eigenvalue weighted by atomic mass is 10.1. The van der Waals surface area contributed by atoms with Crippen molar-refractivity contribution < 1.29 is 4.52 Å². The Bertz CT molecular complexity index is 338. The second-order valence-corrected chi connectivity index (χ2v) is 5.64. The van der Waals surface area contributed by atoms with Crippen molar-refractivity contribution in [3.63, 3.8) is 0 Å². The summed E-state index contributed by atoms with van der Waals surface area (Å²) < 4.78 is 5.22. The van der Waals surface area contributed by atoms with E-state index in [0.717, 1.165) is 25.2 Å². The van der Waals surface area contributed by atoms with Crippen LogP contribution in [0.1, 0.15) is 95.8 Å². The van der Waals surface area contributed by atoms with Gasteiger partial charge in [0.25, 0.3) is 0 Å². The van der Waals surface area contributed by atoms with Crippen LogP contribution in [0.25, 0.3) is 0 Å². The van der Waals surface area contributed by atoms with E-state index in [4.69, 9.17) is 10.3 Å². The van der Waals surface area contributed by atoms with Gasteiger partial charge in [-0.1, -0.05) is 70.4 Å². The molecule has 0 bridgehead atoms. The van der Waals surface area contributed by atoms with E-state index < -0.39 is 0 Å². The van der Waals surface area contributed by atoms with Crippen molar-refractivity contribution in [3.05, 3.63) is 11.7 Å². The quantitative estimate of drug-likeness (QED) is 0.571. The molecular formula is C16H31N3O. The first-order valence-electron chi connectivity index (χ1n) is 8.36. The van der Waals surface area contributed by atoms with E-state index in [2.05, 4.69) is 17.1 Å². The molecule has 1 heterocycles. The zero-order valence-electron chi connectivity index (χ0n) is 13.2. The molecule has 0 aliphatic carbocycles. The van der Waals surface area contributed by atoms with Crippen LogP contribution in [0.4, 0.5) is 0 Å². The molecule has 0 saturated carbocycles. The summed E-state index contributed by atoms with van der Waals surface area (Å²) in [5.41, 5.74) is 5.87. The van der Waals surface area contributed by atoms with Gasteiger partial charge in [-0.25, -0.2) is 0 Å². The van der Waals surface area contributed by atoms with Gasteiger partial charge in [-0.05, 0) is 12.8 Å². The highest BCUT2D eigenvalue weighted by Gasteiger charge is 2.11. The molecule has 0 radical (unpaired) electrons. The highest BCUT2D eigenvalue weighted by atomic mass is 16.5. The van der Waals surface area contributed by atoms with E-state index in [0.29, 0.717) is 5.82 Å². The van der Waals surface area contributed by atoms with E-state index in [1.165, 1.54) is 51.4 Å². The Morgan fingerprint density at radius 1 is 0.950 bits per heavy atom. The fourth-order valence-corrected chi connectivity index (χ4v) is 2.29. The normalized spacial score (nSPS) is 12.8. The molecule has 0 fully saturated rings. The fourth-order valence-electron chi connectivity index (χ4n) is 2.29. The topological polar surface area (TPSA) is 64.9 Å². The van der Waals surface area contributed by atoms with Crippen LogP contribution in [0.5, 0.6) is 0 Å². The maximum atomic E-state index is 5.87. The lowest BCUT2D eigenvalue weighted by molar-refractivity contribution is 0.365. The van der Waals surface area contributed by atoms with Crippen molar-refractivity contribution >= 4 is 0 Å². The molecule has 1 unspecified atom stereocenters. The van der Waals surface area contributed by atoms with Crippen LogP contribution < -0.4 is 5.73 Å². The van der Waals surface area contributed by atoms with Crippen LogP contribution >= 0.6 is 0 Å². The second-order valence-electron chi connectivity index (χ2n) is 5.64. The van der Waals surface area contributed by atoms with E-state index in [9.17, 15) is 0 Å². The zero-order valence-corrected chi connectivity index (χ0v) is 13.2. The number of hydrogen-bond acceptors (Lipinski definition) is 4. The molecule has 116 valence electrons. The van der Waals surface area contributed by atoms with Gasteiger partial charge in [-0.2, -0.15) is 4.98 Å². The SMILES string of the molecule is CCCCCCCCCCCc1nc(C(N)CC)no1. The van der Waals surface area contributed by atoms with E-state index in [1.807, 2.05) is 6.92 Å². The highest BCUT2D eigenvalue weighted by molar-refractivity contribution is 4.92. The van der Waals surface area contributed by atoms with Crippen LogP contribution in [0.3, 0.4) is 0 Å². The Hall–Kier alpha value is -0.900. The van der Waals surface area contributed by atoms with E-state index in [1.54, 1.807) is 0 Å². The molecule has 4 heteroatoms. The monoisotopic (exact) mass is 281 g/mol. The van der Waals surface area contributed by atoms with Crippen molar-refractivity contribution in [1.82, 2.24) is 10.1 Å². The van der Waals surface area contributed by atoms with Crippen LogP contribution in [-0.2, 0) is 6.42 Å². The average molecular weight is 281 g/mol. The zero-order chi connectivity index (χ0) is 14.6. The molecular weight excluding hydrogens is 250 g/mol. The lowest BCUT2D eigenvalue weighted by Crippen LogP contribution is -2.10. The maximum Gasteiger partial charge on any atom is 0.226 e. The predicted octanol–water partition coefficient (Wildman–Crippen LogP) is 4.55. The van der Waals surface area contributed by atoms with Crippen molar-refractivity contribution in [1.29, 1.82) is 0 Å². The number of aryl methyl sites for hydroxylation is 1. The molecule has 0 saturated heterocycles. The summed E-state index contributed by atoms with van der Waals surface area (Å²) in [7, 11) is 0. The minimum atomic E-state index is -0.0874. The Balaban J connectivity index is 2.00. The van der Waals surface area contributed by atoms with Gasteiger partial charge in [0, 0.05) is 6.42 Å². The van der Waals surface area contributed by atoms with Gasteiger partial charge in [-0.15, -0.1) is 0 Å². The first kappa shape index (κ1) is 17.2. The molecule has 0 aliphatic heterocycles. The van der Waals surface area contributed by atoms with Gasteiger partial charge >= 0.3 is 0 Å². The van der Waals surface area contributed by atoms with Crippen LogP contribution in [-0.4, -0.2) is 10.1 Å². The minimum absolute atomic E-state index is 0.0874. The van der Waals surface area contributed by atoms with Crippen LogP contribution in [0, 0.1) is 0 Å². The molecule has 1 aromatic heterocycles. The first-order valence-corrected chi connectivity index (χ1v) is 8.36. The standard InChI is InChI=1S/C16H31N3O/c1-3-5-6-7-8-9-10-11-12-13-15-18-16(19-20-15)14(17)4-2/h14H,3-13,17H2,1-2H3. The van der Waals surface area contributed by atoms with Crippen LogP contribution in [0.2, 0.25) is 0 Å². The van der Waals surface area contributed by atoms with Gasteiger partial charge in [0.05, 0.1) is 6.04 Å². The number of nitrogens with two attached hydrogens (primary N) is 1. The largest absolute Gasteiger partial charge is 0.339 e. The maximum absolute atomic E-state index is 5.87. The van der Waals surface area contributed by atoms with E-state index >= 15 is 0 Å². The molecule has 0 spiro atoms. The van der Waals surface area contributed by atoms with Gasteiger partial charge in [0.1, 0.15) is 0 Å². The molecule has 1 rings (SSSR count). The summed E-state index contributed by atoms with van der Waals surface area (Å²) in [4.78, 5) is 4.35. The lowest BCUT2D eigenvalue weighted by Gasteiger charge is -2.01. The third-order valence-corrected chi connectivity index (χ3v) is 3.75. The third-order valence-electron chi connectivity index (χ3n) is 3.75. The van der Waals surface area contributed by atoms with Gasteiger partial charge in [0.2, 0.25) is 5.89 Å². The molecule has 2 N–H and O–H groups in total. The number of nitrogens with zero attached hydrogens (tertiary/aromatic N) is 2. The smallest absolute Gasteiger partial charge is 0.226 e. The van der Waals surface area contributed by atoms with Gasteiger partial charge in [-0.3, -0.25) is 0 Å². The van der Waals surface area contributed by atoms with Gasteiger partial charge in [0.15, 0.2) is 5.82 Å². The molecule has 0 amide bonds. The summed E-state index contributed by atoms with van der Waals surface area (Å²) >= 11 is 0. The van der Waals surface area contributed by atoms with Crippen LogP contribution in [0.15, 0.2) is 4.52 Å². The summed E-state index contributed by atoms with van der Waals surface area (Å²) in [5, 5.41) is 3.93. The number of hydrogen-bond donors (Lipinski definition) is 1. The summed E-state index contributed by atoms with van der Waals surface area (Å²) in [6, 6.07) is -0.0874. The predicted molar refractivity (Wildman–Crippen MR) is 82.4 cm³/mol. The number of unbranched alkanes of at least 4 members (excludes halogenated alkanes) is 8. The molecule has 4 nitrogen and oxygen atoms in total. The molecule has 1 atom stereocenters. The molecule has 0 aromatic carbocycles. The second kappa shape index (κ2) is 10.8. The third kappa shape index (κ3) is 7.04. The van der Waals surface area contributed by atoms with Crippen molar-refractivity contribution in [2.75, 3.05) is 0 Å². The van der Waals surface area contributed by atoms with Gasteiger partial charge < -0.3 is 10.3 Å². The van der Waals surface area contributed by atoms with Crippen molar-refractivity contribution in [2.45, 2.75) is 90.5 Å². The fraction of sp³-hybridized carbons (Fsp3) is 0.875. The summed E-state index contributed by atoms with van der Waals surface area (Å²) in [6.45, 7) is 4.29. The Labute approximate surface area is 123 Å². The number of rotatable bonds is 12. The Morgan fingerprint density at radius 2 is 1.55 bits per heavy atom. The first-order chi connectivity index (χ1) is 9.77.